The number of aromatic nitrogens is 1. The van der Waals surface area contributed by atoms with Crippen LogP contribution < -0.4 is 10.6 Å². The van der Waals surface area contributed by atoms with Crippen molar-refractivity contribution in [1.82, 2.24) is 14.6 Å². The number of nitrogens with zero attached hydrogens (tertiary/aromatic N) is 2. The highest BCUT2D eigenvalue weighted by Gasteiger charge is 2.25. The fourth-order valence-electron chi connectivity index (χ4n) is 1.94. The summed E-state index contributed by atoms with van der Waals surface area (Å²) in [7, 11) is -3.12. The first-order valence-electron chi connectivity index (χ1n) is 5.87. The Labute approximate surface area is 116 Å². The summed E-state index contributed by atoms with van der Waals surface area (Å²) in [5.41, 5.74) is 0. The number of piperidine rings is 1. The minimum Gasteiger partial charge on any atom is -0.335 e. The van der Waals surface area contributed by atoms with Crippen LogP contribution in [0.15, 0.2) is 11.6 Å². The molecule has 0 aliphatic carbocycles. The Bertz CT molecular complexity index is 521. The predicted molar refractivity (Wildman–Crippen MR) is 73.7 cm³/mol. The van der Waals surface area contributed by atoms with Crippen LogP contribution in [0.3, 0.4) is 0 Å². The highest BCUT2D eigenvalue weighted by Crippen LogP contribution is 2.14. The van der Waals surface area contributed by atoms with E-state index in [4.69, 9.17) is 0 Å². The lowest BCUT2D eigenvalue weighted by molar-refractivity contribution is 0.238. The third-order valence-electron chi connectivity index (χ3n) is 2.91. The van der Waals surface area contributed by atoms with Crippen LogP contribution in [0.25, 0.3) is 0 Å². The molecule has 0 aromatic carbocycles. The van der Waals surface area contributed by atoms with E-state index in [1.807, 2.05) is 0 Å². The molecule has 1 aromatic rings. The van der Waals surface area contributed by atoms with Crippen molar-refractivity contribution in [2.45, 2.75) is 18.9 Å². The van der Waals surface area contributed by atoms with Gasteiger partial charge in [0.15, 0.2) is 5.13 Å². The van der Waals surface area contributed by atoms with E-state index in [1.54, 1.807) is 11.6 Å². The summed E-state index contributed by atoms with van der Waals surface area (Å²) in [6, 6.07) is -0.300. The van der Waals surface area contributed by atoms with Crippen molar-refractivity contribution in [2.75, 3.05) is 24.7 Å². The lowest BCUT2D eigenvalue weighted by Crippen LogP contribution is -2.47. The van der Waals surface area contributed by atoms with Crippen molar-refractivity contribution in [3.8, 4) is 0 Å². The van der Waals surface area contributed by atoms with Gasteiger partial charge in [-0.25, -0.2) is 22.5 Å². The van der Waals surface area contributed by atoms with Gasteiger partial charge in [0.2, 0.25) is 10.0 Å². The van der Waals surface area contributed by atoms with Crippen molar-refractivity contribution in [2.24, 2.45) is 0 Å². The Balaban J connectivity index is 1.78. The van der Waals surface area contributed by atoms with Crippen LogP contribution in [-0.4, -0.2) is 49.1 Å². The van der Waals surface area contributed by atoms with Crippen LogP contribution in [0, 0.1) is 0 Å². The molecule has 1 fully saturated rings. The van der Waals surface area contributed by atoms with Gasteiger partial charge in [-0.05, 0) is 12.8 Å². The van der Waals surface area contributed by atoms with E-state index in [9.17, 15) is 13.2 Å². The Morgan fingerprint density at radius 1 is 1.47 bits per heavy atom. The first-order valence-corrected chi connectivity index (χ1v) is 8.60. The molecule has 0 atom stereocenters. The lowest BCUT2D eigenvalue weighted by Gasteiger charge is -2.30. The fourth-order valence-corrected chi connectivity index (χ4v) is 3.33. The number of rotatable bonds is 3. The van der Waals surface area contributed by atoms with Crippen LogP contribution >= 0.6 is 11.3 Å². The molecule has 106 valence electrons. The Morgan fingerprint density at radius 2 is 2.16 bits per heavy atom. The van der Waals surface area contributed by atoms with Crippen molar-refractivity contribution >= 4 is 32.5 Å². The molecule has 1 aliphatic heterocycles. The zero-order valence-corrected chi connectivity index (χ0v) is 12.1. The van der Waals surface area contributed by atoms with E-state index in [-0.39, 0.29) is 12.1 Å². The number of hydrogen-bond acceptors (Lipinski definition) is 5. The first-order chi connectivity index (χ1) is 8.95. The van der Waals surface area contributed by atoms with Crippen molar-refractivity contribution in [3.63, 3.8) is 0 Å². The highest BCUT2D eigenvalue weighted by atomic mass is 32.2. The number of sulfonamides is 1. The van der Waals surface area contributed by atoms with Crippen LogP contribution in [0.5, 0.6) is 0 Å². The van der Waals surface area contributed by atoms with E-state index in [2.05, 4.69) is 15.6 Å². The van der Waals surface area contributed by atoms with Crippen LogP contribution in [0.2, 0.25) is 0 Å². The molecule has 0 saturated carbocycles. The quantitative estimate of drug-likeness (QED) is 0.859. The third kappa shape index (κ3) is 4.15. The third-order valence-corrected chi connectivity index (χ3v) is 4.90. The second-order valence-electron chi connectivity index (χ2n) is 4.37. The van der Waals surface area contributed by atoms with Gasteiger partial charge >= 0.3 is 6.03 Å². The van der Waals surface area contributed by atoms with Crippen LogP contribution in [0.4, 0.5) is 9.93 Å². The van der Waals surface area contributed by atoms with Gasteiger partial charge in [0.05, 0.1) is 6.26 Å². The normalized spacial score (nSPS) is 18.2. The molecule has 9 heteroatoms. The zero-order valence-electron chi connectivity index (χ0n) is 10.5. The average molecular weight is 304 g/mol. The monoisotopic (exact) mass is 304 g/mol. The lowest BCUT2D eigenvalue weighted by atomic mass is 10.1. The molecule has 2 amide bonds. The van der Waals surface area contributed by atoms with Gasteiger partial charge in [0.1, 0.15) is 0 Å². The summed E-state index contributed by atoms with van der Waals surface area (Å²) in [5.74, 6) is 0. The van der Waals surface area contributed by atoms with Gasteiger partial charge in [0.25, 0.3) is 0 Å². The number of carbonyl (C=O) groups is 1. The summed E-state index contributed by atoms with van der Waals surface area (Å²) >= 11 is 1.35. The minimum absolute atomic E-state index is 0.00189. The van der Waals surface area contributed by atoms with Gasteiger partial charge in [-0.2, -0.15) is 0 Å². The summed E-state index contributed by atoms with van der Waals surface area (Å²) < 4.78 is 24.1. The number of anilines is 1. The SMILES string of the molecule is CS(=O)(=O)N1CCC(NC(=O)Nc2nccs2)CC1. The molecule has 2 rings (SSSR count). The fraction of sp³-hybridized carbons (Fsp3) is 0.600. The van der Waals surface area contributed by atoms with Gasteiger partial charge in [-0.3, -0.25) is 5.32 Å². The van der Waals surface area contributed by atoms with Crippen molar-refractivity contribution in [1.29, 1.82) is 0 Å². The molecule has 0 radical (unpaired) electrons. The maximum Gasteiger partial charge on any atom is 0.321 e. The molecule has 19 heavy (non-hydrogen) atoms. The standard InChI is InChI=1S/C10H16N4O3S2/c1-19(16,17)14-5-2-8(3-6-14)12-9(15)13-10-11-4-7-18-10/h4,7-8H,2-3,5-6H2,1H3,(H2,11,12,13,15). The molecule has 1 aliphatic rings. The molecule has 7 nitrogen and oxygen atoms in total. The number of hydrogen-bond donors (Lipinski definition) is 2. The molecule has 2 heterocycles. The first kappa shape index (κ1) is 14.2. The second-order valence-corrected chi connectivity index (χ2v) is 7.25. The molecule has 1 saturated heterocycles. The summed E-state index contributed by atoms with van der Waals surface area (Å²) in [4.78, 5) is 15.6. The smallest absolute Gasteiger partial charge is 0.321 e. The average Bonchev–Trinajstić information content (AvgIpc) is 2.81. The number of nitrogens with one attached hydrogen (secondary N) is 2. The van der Waals surface area contributed by atoms with E-state index in [0.29, 0.717) is 31.1 Å². The number of carbonyl (C=O) groups excluding carboxylic acids is 1. The Morgan fingerprint density at radius 3 is 2.68 bits per heavy atom. The summed E-state index contributed by atoms with van der Waals surface area (Å²) in [6.07, 6.45) is 4.07. The second kappa shape index (κ2) is 5.85. The molecule has 0 bridgehead atoms. The van der Waals surface area contributed by atoms with Gasteiger partial charge in [0, 0.05) is 30.7 Å². The molecule has 0 spiro atoms. The maximum atomic E-state index is 11.7. The van der Waals surface area contributed by atoms with E-state index in [0.717, 1.165) is 0 Å². The number of urea groups is 1. The number of amides is 2. The van der Waals surface area contributed by atoms with Gasteiger partial charge in [-0.1, -0.05) is 0 Å². The minimum atomic E-state index is -3.12. The topological polar surface area (TPSA) is 91.4 Å². The van der Waals surface area contributed by atoms with E-state index in [1.165, 1.54) is 21.9 Å². The maximum absolute atomic E-state index is 11.7. The molecular formula is C10H16N4O3S2. The van der Waals surface area contributed by atoms with Crippen molar-refractivity contribution in [3.05, 3.63) is 11.6 Å². The number of thiazole rings is 1. The largest absolute Gasteiger partial charge is 0.335 e. The van der Waals surface area contributed by atoms with Crippen molar-refractivity contribution < 1.29 is 13.2 Å². The molecule has 0 unspecified atom stereocenters. The predicted octanol–water partition coefficient (Wildman–Crippen LogP) is 0.689. The zero-order chi connectivity index (χ0) is 13.9. The van der Waals surface area contributed by atoms with E-state index < -0.39 is 10.0 Å². The molecular weight excluding hydrogens is 288 g/mol. The van der Waals surface area contributed by atoms with E-state index >= 15 is 0 Å². The van der Waals surface area contributed by atoms with Gasteiger partial charge in [-0.15, -0.1) is 11.3 Å². The summed E-state index contributed by atoms with van der Waals surface area (Å²) in [5, 5.41) is 7.79. The van der Waals surface area contributed by atoms with Crippen LogP contribution in [-0.2, 0) is 10.0 Å². The Hall–Kier alpha value is -1.19. The van der Waals surface area contributed by atoms with Gasteiger partial charge < -0.3 is 5.32 Å². The Kier molecular flexibility index (Phi) is 4.38. The highest BCUT2D eigenvalue weighted by molar-refractivity contribution is 7.88. The van der Waals surface area contributed by atoms with Crippen LogP contribution in [0.1, 0.15) is 12.8 Å². The summed E-state index contributed by atoms with van der Waals surface area (Å²) in [6.45, 7) is 0.891. The molecule has 1 aromatic heterocycles. The molecule has 2 N–H and O–H groups in total.